The number of benzene rings is 2. The van der Waals surface area contributed by atoms with E-state index in [0.717, 1.165) is 0 Å². The topological polar surface area (TPSA) is 117 Å². The first kappa shape index (κ1) is 17.7. The number of halogens is 1. The SMILES string of the molecule is O=C(COC(=O)c1ccc2c(c1)OCO2)Nc1ccc([N+](=O)[O-])cc1Br. The number of rotatable bonds is 5. The summed E-state index contributed by atoms with van der Waals surface area (Å²) < 4.78 is 15.6. The average Bonchev–Trinajstić information content (AvgIpc) is 3.09. The van der Waals surface area contributed by atoms with E-state index in [1.54, 1.807) is 6.07 Å². The zero-order valence-electron chi connectivity index (χ0n) is 13.1. The molecule has 134 valence electrons. The van der Waals surface area contributed by atoms with Gasteiger partial charge in [0.05, 0.1) is 16.2 Å². The molecule has 10 heteroatoms. The molecule has 0 bridgehead atoms. The summed E-state index contributed by atoms with van der Waals surface area (Å²) in [6.07, 6.45) is 0. The summed E-state index contributed by atoms with van der Waals surface area (Å²) in [7, 11) is 0. The second-order valence-electron chi connectivity index (χ2n) is 5.11. The van der Waals surface area contributed by atoms with Crippen LogP contribution in [0.5, 0.6) is 11.5 Å². The Hall–Kier alpha value is -3.14. The standard InChI is InChI=1S/C16H11BrN2O7/c17-11-6-10(19(22)23)2-3-12(11)18-15(20)7-24-16(21)9-1-4-13-14(5-9)26-8-25-13/h1-6H,7-8H2,(H,18,20). The van der Waals surface area contributed by atoms with E-state index in [1.807, 2.05) is 0 Å². The number of carbonyl (C=O) groups is 2. The molecular weight excluding hydrogens is 412 g/mol. The second-order valence-corrected chi connectivity index (χ2v) is 5.97. The number of nitro groups is 1. The predicted molar refractivity (Wildman–Crippen MR) is 92.3 cm³/mol. The molecule has 1 aliphatic heterocycles. The molecule has 1 N–H and O–H groups in total. The maximum atomic E-state index is 12.0. The molecule has 0 radical (unpaired) electrons. The van der Waals surface area contributed by atoms with Crippen molar-refractivity contribution in [2.24, 2.45) is 0 Å². The summed E-state index contributed by atoms with van der Waals surface area (Å²) in [5, 5.41) is 13.2. The highest BCUT2D eigenvalue weighted by Crippen LogP contribution is 2.32. The molecule has 2 aromatic carbocycles. The lowest BCUT2D eigenvalue weighted by atomic mass is 10.2. The van der Waals surface area contributed by atoms with Crippen LogP contribution in [0, 0.1) is 10.1 Å². The number of hydrogen-bond acceptors (Lipinski definition) is 7. The fraction of sp³-hybridized carbons (Fsp3) is 0.125. The van der Waals surface area contributed by atoms with Crippen LogP contribution in [0.1, 0.15) is 10.4 Å². The lowest BCUT2D eigenvalue weighted by Crippen LogP contribution is -2.21. The fourth-order valence-electron chi connectivity index (χ4n) is 2.14. The summed E-state index contributed by atoms with van der Waals surface area (Å²) in [5.41, 5.74) is 0.419. The molecule has 0 atom stereocenters. The van der Waals surface area contributed by atoms with Crippen molar-refractivity contribution in [1.82, 2.24) is 0 Å². The third-order valence-corrected chi connectivity index (χ3v) is 4.04. The Kier molecular flexibility index (Phi) is 5.03. The molecule has 1 heterocycles. The maximum absolute atomic E-state index is 12.0. The van der Waals surface area contributed by atoms with Crippen LogP contribution in [-0.2, 0) is 9.53 Å². The number of nitrogens with zero attached hydrogens (tertiary/aromatic N) is 1. The van der Waals surface area contributed by atoms with E-state index in [4.69, 9.17) is 14.2 Å². The number of nitro benzene ring substituents is 1. The van der Waals surface area contributed by atoms with Crippen LogP contribution in [-0.4, -0.2) is 30.2 Å². The van der Waals surface area contributed by atoms with Crippen LogP contribution in [0.3, 0.4) is 0 Å². The van der Waals surface area contributed by atoms with E-state index < -0.39 is 23.4 Å². The first-order valence-corrected chi connectivity index (χ1v) is 8.04. The van der Waals surface area contributed by atoms with Crippen molar-refractivity contribution in [3.63, 3.8) is 0 Å². The maximum Gasteiger partial charge on any atom is 0.338 e. The molecule has 9 nitrogen and oxygen atoms in total. The molecular formula is C16H11BrN2O7. The Bertz CT molecular complexity index is 900. The molecule has 1 amide bonds. The van der Waals surface area contributed by atoms with E-state index in [1.165, 1.54) is 30.3 Å². The van der Waals surface area contributed by atoms with Crippen LogP contribution < -0.4 is 14.8 Å². The summed E-state index contributed by atoms with van der Waals surface area (Å²) >= 11 is 3.14. The monoisotopic (exact) mass is 422 g/mol. The second kappa shape index (κ2) is 7.40. The zero-order valence-corrected chi connectivity index (χ0v) is 14.6. The number of carbonyl (C=O) groups excluding carboxylic acids is 2. The van der Waals surface area contributed by atoms with Gasteiger partial charge in [0, 0.05) is 16.6 Å². The van der Waals surface area contributed by atoms with Gasteiger partial charge in [0.2, 0.25) is 6.79 Å². The van der Waals surface area contributed by atoms with Gasteiger partial charge in [-0.15, -0.1) is 0 Å². The summed E-state index contributed by atoms with van der Waals surface area (Å²) in [6, 6.07) is 8.43. The zero-order chi connectivity index (χ0) is 18.7. The third kappa shape index (κ3) is 3.91. The Labute approximate surface area is 155 Å². The highest BCUT2D eigenvalue weighted by Gasteiger charge is 2.18. The molecule has 0 unspecified atom stereocenters. The molecule has 0 aliphatic carbocycles. The number of esters is 1. The molecule has 0 saturated heterocycles. The van der Waals surface area contributed by atoms with Crippen molar-refractivity contribution in [3.8, 4) is 11.5 Å². The van der Waals surface area contributed by atoms with Crippen molar-refractivity contribution in [2.75, 3.05) is 18.7 Å². The first-order chi connectivity index (χ1) is 12.4. The van der Waals surface area contributed by atoms with Crippen LogP contribution in [0.25, 0.3) is 0 Å². The molecule has 0 spiro atoms. The molecule has 0 saturated carbocycles. The van der Waals surface area contributed by atoms with Crippen molar-refractivity contribution in [2.45, 2.75) is 0 Å². The smallest absolute Gasteiger partial charge is 0.338 e. The minimum absolute atomic E-state index is 0.0837. The quantitative estimate of drug-likeness (QED) is 0.447. The van der Waals surface area contributed by atoms with E-state index in [0.29, 0.717) is 21.7 Å². The highest BCUT2D eigenvalue weighted by atomic mass is 79.9. The predicted octanol–water partition coefficient (Wildman–Crippen LogP) is 2.88. The number of non-ortho nitro benzene ring substituents is 1. The lowest BCUT2D eigenvalue weighted by molar-refractivity contribution is -0.384. The van der Waals surface area contributed by atoms with Crippen LogP contribution in [0.2, 0.25) is 0 Å². The van der Waals surface area contributed by atoms with Gasteiger partial charge in [-0.2, -0.15) is 0 Å². The lowest BCUT2D eigenvalue weighted by Gasteiger charge is -2.08. The van der Waals surface area contributed by atoms with Crippen LogP contribution in [0.15, 0.2) is 40.9 Å². The largest absolute Gasteiger partial charge is 0.454 e. The normalized spacial score (nSPS) is 11.7. The van der Waals surface area contributed by atoms with Crippen molar-refractivity contribution < 1.29 is 28.7 Å². The van der Waals surface area contributed by atoms with Gasteiger partial charge in [-0.25, -0.2) is 4.79 Å². The van der Waals surface area contributed by atoms with Gasteiger partial charge in [0.15, 0.2) is 18.1 Å². The summed E-state index contributed by atoms with van der Waals surface area (Å²) in [4.78, 5) is 34.1. The van der Waals surface area contributed by atoms with Crippen LogP contribution in [0.4, 0.5) is 11.4 Å². The van der Waals surface area contributed by atoms with Gasteiger partial charge in [0.1, 0.15) is 0 Å². The van der Waals surface area contributed by atoms with Crippen molar-refractivity contribution >= 4 is 39.2 Å². The van der Waals surface area contributed by atoms with E-state index >= 15 is 0 Å². The van der Waals surface area contributed by atoms with E-state index in [-0.39, 0.29) is 18.0 Å². The molecule has 0 fully saturated rings. The first-order valence-electron chi connectivity index (χ1n) is 7.24. The molecule has 2 aromatic rings. The fourth-order valence-corrected chi connectivity index (χ4v) is 2.61. The number of hydrogen-bond donors (Lipinski definition) is 1. The van der Waals surface area contributed by atoms with Gasteiger partial charge in [-0.1, -0.05) is 0 Å². The average molecular weight is 423 g/mol. The van der Waals surface area contributed by atoms with Gasteiger partial charge >= 0.3 is 5.97 Å². The van der Waals surface area contributed by atoms with Gasteiger partial charge < -0.3 is 19.5 Å². The minimum Gasteiger partial charge on any atom is -0.454 e. The number of ether oxygens (including phenoxy) is 3. The molecule has 3 rings (SSSR count). The summed E-state index contributed by atoms with van der Waals surface area (Å²) in [6.45, 7) is -0.433. The summed E-state index contributed by atoms with van der Waals surface area (Å²) in [5.74, 6) is -0.323. The Morgan fingerprint density at radius 2 is 1.96 bits per heavy atom. The number of amides is 1. The third-order valence-electron chi connectivity index (χ3n) is 3.38. The molecule has 0 aromatic heterocycles. The Morgan fingerprint density at radius 3 is 2.69 bits per heavy atom. The van der Waals surface area contributed by atoms with E-state index in [2.05, 4.69) is 21.2 Å². The highest BCUT2D eigenvalue weighted by molar-refractivity contribution is 9.10. The van der Waals surface area contributed by atoms with Gasteiger partial charge in [0.25, 0.3) is 11.6 Å². The number of nitrogens with one attached hydrogen (secondary N) is 1. The Morgan fingerprint density at radius 1 is 1.19 bits per heavy atom. The number of fused-ring (bicyclic) bond motifs is 1. The minimum atomic E-state index is -0.693. The molecule has 1 aliphatic rings. The Balaban J connectivity index is 1.57. The van der Waals surface area contributed by atoms with E-state index in [9.17, 15) is 19.7 Å². The van der Waals surface area contributed by atoms with Gasteiger partial charge in [-0.05, 0) is 40.2 Å². The van der Waals surface area contributed by atoms with Crippen LogP contribution >= 0.6 is 15.9 Å². The van der Waals surface area contributed by atoms with Gasteiger partial charge in [-0.3, -0.25) is 14.9 Å². The van der Waals surface area contributed by atoms with Crippen molar-refractivity contribution in [3.05, 3.63) is 56.5 Å². The van der Waals surface area contributed by atoms with Crippen molar-refractivity contribution in [1.29, 1.82) is 0 Å². The number of anilines is 1. The molecule has 26 heavy (non-hydrogen) atoms.